The summed E-state index contributed by atoms with van der Waals surface area (Å²) in [4.78, 5) is 24.2. The molecule has 0 saturated carbocycles. The number of nitrogens with one attached hydrogen (secondary N) is 6. The predicted molar refractivity (Wildman–Crippen MR) is 148 cm³/mol. The average Bonchev–Trinajstić information content (AvgIpc) is 2.93. The standard InChI is InChI=1S/C27H24N6O2S/c34-25(19-7-3-1-4-8-19)32-30-23-15-11-21(12-16-23)28-27(36)29-22-13-17-24(18-14-22)31-33-26(35)20-9-5-2-6-10-20/h1-18,30-31H,(H,32,34)(H,33,35)(H2,28,29,36). The summed E-state index contributed by atoms with van der Waals surface area (Å²) in [7, 11) is 0. The lowest BCUT2D eigenvalue weighted by Crippen LogP contribution is -2.29. The van der Waals surface area contributed by atoms with Crippen LogP contribution >= 0.6 is 12.2 Å². The van der Waals surface area contributed by atoms with Crippen LogP contribution in [0.2, 0.25) is 0 Å². The highest BCUT2D eigenvalue weighted by molar-refractivity contribution is 7.80. The van der Waals surface area contributed by atoms with Crippen LogP contribution in [0.25, 0.3) is 0 Å². The zero-order chi connectivity index (χ0) is 25.2. The van der Waals surface area contributed by atoms with Crippen molar-refractivity contribution in [1.82, 2.24) is 10.9 Å². The van der Waals surface area contributed by atoms with Gasteiger partial charge in [-0.3, -0.25) is 31.3 Å². The van der Waals surface area contributed by atoms with Gasteiger partial charge in [-0.15, -0.1) is 0 Å². The summed E-state index contributed by atoms with van der Waals surface area (Å²) < 4.78 is 0. The first-order valence-corrected chi connectivity index (χ1v) is 11.5. The topological polar surface area (TPSA) is 106 Å². The van der Waals surface area contributed by atoms with Crippen molar-refractivity contribution in [2.24, 2.45) is 0 Å². The molecule has 36 heavy (non-hydrogen) atoms. The van der Waals surface area contributed by atoms with E-state index in [2.05, 4.69) is 32.3 Å². The van der Waals surface area contributed by atoms with Crippen LogP contribution in [0.15, 0.2) is 109 Å². The highest BCUT2D eigenvalue weighted by Gasteiger charge is 2.05. The number of anilines is 4. The van der Waals surface area contributed by atoms with Gasteiger partial charge in [0.15, 0.2) is 5.11 Å². The minimum atomic E-state index is -0.219. The zero-order valence-corrected chi connectivity index (χ0v) is 19.9. The summed E-state index contributed by atoms with van der Waals surface area (Å²) in [6.07, 6.45) is 0. The van der Waals surface area contributed by atoms with Gasteiger partial charge in [0.05, 0.1) is 11.4 Å². The van der Waals surface area contributed by atoms with Crippen molar-refractivity contribution < 1.29 is 9.59 Å². The van der Waals surface area contributed by atoms with Crippen LogP contribution in [0, 0.1) is 0 Å². The molecule has 0 unspecified atom stereocenters. The van der Waals surface area contributed by atoms with Crippen molar-refractivity contribution >= 4 is 51.9 Å². The maximum atomic E-state index is 12.1. The third-order valence-corrected chi connectivity index (χ3v) is 5.20. The van der Waals surface area contributed by atoms with E-state index in [4.69, 9.17) is 12.2 Å². The molecular formula is C27H24N6O2S. The highest BCUT2D eigenvalue weighted by Crippen LogP contribution is 2.16. The second-order valence-electron chi connectivity index (χ2n) is 7.62. The predicted octanol–water partition coefficient (Wildman–Crippen LogP) is 5.01. The highest BCUT2D eigenvalue weighted by atomic mass is 32.1. The van der Waals surface area contributed by atoms with E-state index in [0.717, 1.165) is 22.7 Å². The molecule has 0 aliphatic carbocycles. The van der Waals surface area contributed by atoms with Crippen molar-refractivity contribution in [3.8, 4) is 0 Å². The molecule has 0 aromatic heterocycles. The number of rotatable bonds is 8. The lowest BCUT2D eigenvalue weighted by molar-refractivity contribution is 0.0954. The molecule has 6 N–H and O–H groups in total. The van der Waals surface area contributed by atoms with E-state index in [0.29, 0.717) is 16.2 Å². The summed E-state index contributed by atoms with van der Waals surface area (Å²) in [6, 6.07) is 32.6. The lowest BCUT2D eigenvalue weighted by Gasteiger charge is -2.13. The Kier molecular flexibility index (Phi) is 8.08. The van der Waals surface area contributed by atoms with E-state index in [1.807, 2.05) is 84.9 Å². The number of hydrogen-bond acceptors (Lipinski definition) is 5. The molecule has 0 heterocycles. The molecule has 0 radical (unpaired) electrons. The monoisotopic (exact) mass is 496 g/mol. The second-order valence-corrected chi connectivity index (χ2v) is 8.03. The van der Waals surface area contributed by atoms with E-state index in [1.165, 1.54) is 0 Å². The van der Waals surface area contributed by atoms with Gasteiger partial charge < -0.3 is 10.6 Å². The summed E-state index contributed by atoms with van der Waals surface area (Å²) in [5.41, 5.74) is 15.3. The molecule has 8 nitrogen and oxygen atoms in total. The smallest absolute Gasteiger partial charge is 0.269 e. The minimum Gasteiger partial charge on any atom is -0.332 e. The molecule has 9 heteroatoms. The van der Waals surface area contributed by atoms with Crippen LogP contribution < -0.4 is 32.3 Å². The van der Waals surface area contributed by atoms with Crippen molar-refractivity contribution in [3.05, 3.63) is 120 Å². The number of amides is 2. The van der Waals surface area contributed by atoms with Gasteiger partial charge in [0.25, 0.3) is 11.8 Å². The number of hydrazine groups is 2. The zero-order valence-electron chi connectivity index (χ0n) is 19.1. The van der Waals surface area contributed by atoms with Crippen molar-refractivity contribution in [2.45, 2.75) is 0 Å². The van der Waals surface area contributed by atoms with Gasteiger partial charge in [-0.05, 0) is 85.0 Å². The van der Waals surface area contributed by atoms with Crippen LogP contribution in [-0.2, 0) is 0 Å². The van der Waals surface area contributed by atoms with Gasteiger partial charge in [0.2, 0.25) is 0 Å². The third-order valence-electron chi connectivity index (χ3n) is 5.00. The van der Waals surface area contributed by atoms with E-state index < -0.39 is 0 Å². The number of carbonyl (C=O) groups excluding carboxylic acids is 2. The molecule has 180 valence electrons. The molecule has 0 atom stereocenters. The van der Waals surface area contributed by atoms with Crippen LogP contribution in [0.1, 0.15) is 20.7 Å². The Bertz CT molecular complexity index is 1210. The van der Waals surface area contributed by atoms with E-state index in [9.17, 15) is 9.59 Å². The lowest BCUT2D eigenvalue weighted by atomic mass is 10.2. The Morgan fingerprint density at radius 1 is 0.472 bits per heavy atom. The SMILES string of the molecule is O=C(NNc1ccc(NC(=S)Nc2ccc(NNC(=O)c3ccccc3)cc2)cc1)c1ccccc1. The van der Waals surface area contributed by atoms with Crippen LogP contribution in [0.3, 0.4) is 0 Å². The maximum Gasteiger partial charge on any atom is 0.269 e. The van der Waals surface area contributed by atoms with Gasteiger partial charge in [-0.2, -0.15) is 0 Å². The summed E-state index contributed by atoms with van der Waals surface area (Å²) in [6.45, 7) is 0. The number of benzene rings is 4. The Hall–Kier alpha value is -4.89. The number of thiocarbonyl (C=S) groups is 1. The molecule has 4 aromatic rings. The first kappa shape index (κ1) is 24.2. The molecule has 0 aliphatic rings. The fraction of sp³-hybridized carbons (Fsp3) is 0. The molecular weight excluding hydrogens is 472 g/mol. The molecule has 2 amide bonds. The third kappa shape index (κ3) is 7.05. The van der Waals surface area contributed by atoms with Crippen molar-refractivity contribution in [1.29, 1.82) is 0 Å². The van der Waals surface area contributed by atoms with Crippen LogP contribution in [0.5, 0.6) is 0 Å². The number of carbonyl (C=O) groups is 2. The second kappa shape index (κ2) is 12.0. The summed E-state index contributed by atoms with van der Waals surface area (Å²) in [5.74, 6) is -0.439. The molecule has 0 fully saturated rings. The van der Waals surface area contributed by atoms with E-state index >= 15 is 0 Å². The first-order valence-electron chi connectivity index (χ1n) is 11.1. The largest absolute Gasteiger partial charge is 0.332 e. The molecule has 0 saturated heterocycles. The van der Waals surface area contributed by atoms with Gasteiger partial charge in [-0.1, -0.05) is 36.4 Å². The Balaban J connectivity index is 1.21. The quantitative estimate of drug-likeness (QED) is 0.150. The molecule has 0 spiro atoms. The number of hydrogen-bond donors (Lipinski definition) is 6. The van der Waals surface area contributed by atoms with Crippen LogP contribution in [0.4, 0.5) is 22.7 Å². The maximum absolute atomic E-state index is 12.1. The Morgan fingerprint density at radius 3 is 1.17 bits per heavy atom. The molecule has 0 bridgehead atoms. The normalized spacial score (nSPS) is 10.0. The van der Waals surface area contributed by atoms with Gasteiger partial charge in [0, 0.05) is 22.5 Å². The minimum absolute atomic E-state index is 0.219. The molecule has 4 rings (SSSR count). The van der Waals surface area contributed by atoms with Crippen molar-refractivity contribution in [3.63, 3.8) is 0 Å². The average molecular weight is 497 g/mol. The fourth-order valence-corrected chi connectivity index (χ4v) is 3.38. The fourth-order valence-electron chi connectivity index (χ4n) is 3.15. The van der Waals surface area contributed by atoms with Crippen molar-refractivity contribution in [2.75, 3.05) is 21.5 Å². The van der Waals surface area contributed by atoms with Gasteiger partial charge in [-0.25, -0.2) is 0 Å². The summed E-state index contributed by atoms with van der Waals surface area (Å²) >= 11 is 5.40. The Morgan fingerprint density at radius 2 is 0.806 bits per heavy atom. The first-order chi connectivity index (χ1) is 17.6. The Labute approximate surface area is 214 Å². The summed E-state index contributed by atoms with van der Waals surface area (Å²) in [5, 5.41) is 6.65. The van der Waals surface area contributed by atoms with Gasteiger partial charge >= 0.3 is 0 Å². The van der Waals surface area contributed by atoms with Gasteiger partial charge in [0.1, 0.15) is 0 Å². The van der Waals surface area contributed by atoms with E-state index in [1.54, 1.807) is 24.3 Å². The molecule has 4 aromatic carbocycles. The van der Waals surface area contributed by atoms with Crippen LogP contribution in [-0.4, -0.2) is 16.9 Å². The van der Waals surface area contributed by atoms with E-state index in [-0.39, 0.29) is 11.8 Å². The molecule has 0 aliphatic heterocycles.